The van der Waals surface area contributed by atoms with E-state index in [-0.39, 0.29) is 12.0 Å². The van der Waals surface area contributed by atoms with Gasteiger partial charge in [-0.15, -0.1) is 11.3 Å². The molecule has 1 saturated heterocycles. The van der Waals surface area contributed by atoms with Crippen molar-refractivity contribution in [2.45, 2.75) is 32.8 Å². The fraction of sp³-hybridized carbons (Fsp3) is 0.400. The highest BCUT2D eigenvalue weighted by molar-refractivity contribution is 7.20. The number of carbonyl (C=O) groups excluding carboxylic acids is 1. The Hall–Kier alpha value is -1.89. The van der Waals surface area contributed by atoms with E-state index in [1.54, 1.807) is 0 Å². The molecule has 1 aliphatic heterocycles. The Labute approximate surface area is 167 Å². The minimum atomic E-state index is 0.0938. The average Bonchev–Trinajstić information content (AvgIpc) is 3.23. The van der Waals surface area contributed by atoms with Gasteiger partial charge in [-0.05, 0) is 44.9 Å². The summed E-state index contributed by atoms with van der Waals surface area (Å²) < 4.78 is 7.53. The number of amides is 1. The average molecular weight is 404 g/mol. The standard InChI is InChI=1S/C20H22ClN3O2S/c1-3-26-14-8-10-23(11-9-14)19(25)18-12-15-13(2)22-24(20(15)27-18)17-7-5-4-6-16(17)21/h4-7,12,14H,3,8-11H2,1-2H3. The molecule has 4 rings (SSSR count). The molecule has 1 amide bonds. The van der Waals surface area contributed by atoms with Crippen LogP contribution in [0.15, 0.2) is 30.3 Å². The van der Waals surface area contributed by atoms with Crippen LogP contribution in [-0.2, 0) is 4.74 Å². The molecular weight excluding hydrogens is 382 g/mol. The summed E-state index contributed by atoms with van der Waals surface area (Å²) in [6.07, 6.45) is 2.07. The summed E-state index contributed by atoms with van der Waals surface area (Å²) in [5.74, 6) is 0.0938. The summed E-state index contributed by atoms with van der Waals surface area (Å²) in [5.41, 5.74) is 1.73. The minimum absolute atomic E-state index is 0.0938. The van der Waals surface area contributed by atoms with Crippen molar-refractivity contribution in [2.24, 2.45) is 0 Å². The van der Waals surface area contributed by atoms with Crippen LogP contribution in [0.25, 0.3) is 15.9 Å². The Morgan fingerprint density at radius 2 is 2.07 bits per heavy atom. The molecule has 1 aliphatic rings. The maximum atomic E-state index is 13.0. The van der Waals surface area contributed by atoms with E-state index in [1.165, 1.54) is 11.3 Å². The molecule has 0 aliphatic carbocycles. The third kappa shape index (κ3) is 3.49. The summed E-state index contributed by atoms with van der Waals surface area (Å²) in [6.45, 7) is 6.19. The van der Waals surface area contributed by atoms with Gasteiger partial charge < -0.3 is 9.64 Å². The molecular formula is C20H22ClN3O2S. The van der Waals surface area contributed by atoms with Crippen molar-refractivity contribution >= 4 is 39.1 Å². The first-order valence-corrected chi connectivity index (χ1v) is 10.4. The van der Waals surface area contributed by atoms with Gasteiger partial charge >= 0.3 is 0 Å². The predicted molar refractivity (Wildman–Crippen MR) is 109 cm³/mol. The second kappa shape index (κ2) is 7.62. The van der Waals surface area contributed by atoms with Gasteiger partial charge in [-0.1, -0.05) is 23.7 Å². The molecule has 7 heteroatoms. The van der Waals surface area contributed by atoms with E-state index in [9.17, 15) is 4.79 Å². The highest BCUT2D eigenvalue weighted by Crippen LogP contribution is 2.33. The summed E-state index contributed by atoms with van der Waals surface area (Å²) in [6, 6.07) is 9.59. The molecule has 3 aromatic rings. The number of aryl methyl sites for hydroxylation is 1. The number of thiophene rings is 1. The third-order valence-electron chi connectivity index (χ3n) is 4.97. The van der Waals surface area contributed by atoms with E-state index in [4.69, 9.17) is 16.3 Å². The number of piperidine rings is 1. The molecule has 3 heterocycles. The number of carbonyl (C=O) groups is 1. The maximum absolute atomic E-state index is 13.0. The van der Waals surface area contributed by atoms with Crippen molar-refractivity contribution in [3.8, 4) is 5.69 Å². The summed E-state index contributed by atoms with van der Waals surface area (Å²) in [5, 5.41) is 6.27. The van der Waals surface area contributed by atoms with Gasteiger partial charge in [0.1, 0.15) is 4.83 Å². The number of aromatic nitrogens is 2. The zero-order valence-electron chi connectivity index (χ0n) is 15.4. The Morgan fingerprint density at radius 1 is 1.33 bits per heavy atom. The van der Waals surface area contributed by atoms with Crippen LogP contribution < -0.4 is 0 Å². The van der Waals surface area contributed by atoms with Gasteiger partial charge in [0.2, 0.25) is 0 Å². The van der Waals surface area contributed by atoms with Crippen LogP contribution in [0.2, 0.25) is 5.02 Å². The third-order valence-corrected chi connectivity index (χ3v) is 6.39. The van der Waals surface area contributed by atoms with Gasteiger partial charge in [0.15, 0.2) is 0 Å². The summed E-state index contributed by atoms with van der Waals surface area (Å²) in [7, 11) is 0. The van der Waals surface area contributed by atoms with E-state index in [0.717, 1.165) is 59.0 Å². The molecule has 1 fully saturated rings. The molecule has 27 heavy (non-hydrogen) atoms. The lowest BCUT2D eigenvalue weighted by atomic mass is 10.1. The zero-order chi connectivity index (χ0) is 19.0. The maximum Gasteiger partial charge on any atom is 0.264 e. The number of halogens is 1. The van der Waals surface area contributed by atoms with Crippen LogP contribution >= 0.6 is 22.9 Å². The molecule has 1 aromatic carbocycles. The molecule has 0 radical (unpaired) electrons. The molecule has 5 nitrogen and oxygen atoms in total. The first-order chi connectivity index (χ1) is 13.1. The summed E-state index contributed by atoms with van der Waals surface area (Å²) in [4.78, 5) is 16.6. The van der Waals surface area contributed by atoms with Gasteiger partial charge in [0.05, 0.1) is 27.4 Å². The van der Waals surface area contributed by atoms with E-state index < -0.39 is 0 Å². The Kier molecular flexibility index (Phi) is 5.21. The normalized spacial score (nSPS) is 15.6. The fourth-order valence-corrected chi connectivity index (χ4v) is 4.92. The largest absolute Gasteiger partial charge is 0.378 e. The number of nitrogens with zero attached hydrogens (tertiary/aromatic N) is 3. The molecule has 0 spiro atoms. The predicted octanol–water partition coefficient (Wildman–Crippen LogP) is 4.69. The van der Waals surface area contributed by atoms with Crippen molar-refractivity contribution in [2.75, 3.05) is 19.7 Å². The summed E-state index contributed by atoms with van der Waals surface area (Å²) >= 11 is 7.84. The lowest BCUT2D eigenvalue weighted by Gasteiger charge is -2.31. The van der Waals surface area contributed by atoms with Crippen molar-refractivity contribution in [3.05, 3.63) is 45.9 Å². The number of benzene rings is 1. The second-order valence-electron chi connectivity index (χ2n) is 6.73. The molecule has 2 aromatic heterocycles. The van der Waals surface area contributed by atoms with Gasteiger partial charge in [-0.3, -0.25) is 4.79 Å². The number of fused-ring (bicyclic) bond motifs is 1. The SMILES string of the molecule is CCOC1CCN(C(=O)c2cc3c(C)nn(-c4ccccc4Cl)c3s2)CC1. The van der Waals surface area contributed by atoms with Crippen molar-refractivity contribution in [1.29, 1.82) is 0 Å². The van der Waals surface area contributed by atoms with Gasteiger partial charge in [0.25, 0.3) is 5.91 Å². The number of para-hydroxylation sites is 1. The van der Waals surface area contributed by atoms with Crippen molar-refractivity contribution in [3.63, 3.8) is 0 Å². The Morgan fingerprint density at radius 3 is 2.78 bits per heavy atom. The highest BCUT2D eigenvalue weighted by Gasteiger charge is 2.26. The Bertz CT molecular complexity index is 973. The molecule has 0 saturated carbocycles. The second-order valence-corrected chi connectivity index (χ2v) is 8.16. The topological polar surface area (TPSA) is 47.4 Å². The van der Waals surface area contributed by atoms with Crippen molar-refractivity contribution < 1.29 is 9.53 Å². The molecule has 0 bridgehead atoms. The lowest BCUT2D eigenvalue weighted by molar-refractivity contribution is 0.0147. The number of ether oxygens (including phenoxy) is 1. The van der Waals surface area contributed by atoms with Crippen LogP contribution in [0, 0.1) is 6.92 Å². The first kappa shape index (κ1) is 18.5. The van der Waals surface area contributed by atoms with E-state index >= 15 is 0 Å². The van der Waals surface area contributed by atoms with E-state index in [2.05, 4.69) is 5.10 Å². The Balaban J connectivity index is 1.62. The van der Waals surface area contributed by atoms with Gasteiger partial charge in [0, 0.05) is 25.1 Å². The van der Waals surface area contributed by atoms with Crippen LogP contribution in [0.5, 0.6) is 0 Å². The van der Waals surface area contributed by atoms with Crippen LogP contribution in [0.1, 0.15) is 35.1 Å². The number of likely N-dealkylation sites (tertiary alicyclic amines) is 1. The number of rotatable bonds is 4. The zero-order valence-corrected chi connectivity index (χ0v) is 17.0. The minimum Gasteiger partial charge on any atom is -0.378 e. The lowest BCUT2D eigenvalue weighted by Crippen LogP contribution is -2.40. The van der Waals surface area contributed by atoms with Crippen molar-refractivity contribution in [1.82, 2.24) is 14.7 Å². The first-order valence-electron chi connectivity index (χ1n) is 9.23. The van der Waals surface area contributed by atoms with Crippen LogP contribution in [0.3, 0.4) is 0 Å². The number of hydrogen-bond acceptors (Lipinski definition) is 4. The smallest absolute Gasteiger partial charge is 0.264 e. The van der Waals surface area contributed by atoms with Gasteiger partial charge in [-0.2, -0.15) is 5.10 Å². The van der Waals surface area contributed by atoms with Crippen LogP contribution in [-0.4, -0.2) is 46.4 Å². The van der Waals surface area contributed by atoms with Crippen LogP contribution in [0.4, 0.5) is 0 Å². The highest BCUT2D eigenvalue weighted by atomic mass is 35.5. The fourth-order valence-electron chi connectivity index (χ4n) is 3.56. The van der Waals surface area contributed by atoms with E-state index in [0.29, 0.717) is 5.02 Å². The molecule has 0 atom stereocenters. The molecule has 0 unspecified atom stereocenters. The van der Waals surface area contributed by atoms with E-state index in [1.807, 2.05) is 53.8 Å². The molecule has 142 valence electrons. The molecule has 0 N–H and O–H groups in total. The monoisotopic (exact) mass is 403 g/mol. The van der Waals surface area contributed by atoms with Gasteiger partial charge in [-0.25, -0.2) is 4.68 Å². The number of hydrogen-bond donors (Lipinski definition) is 0. The quantitative estimate of drug-likeness (QED) is 0.634.